The fraction of sp³-hybridized carbons (Fsp3) is 0.571. The Hall–Kier alpha value is -1.62. The van der Waals surface area contributed by atoms with Crippen LogP contribution in [0.1, 0.15) is 26.2 Å². The van der Waals surface area contributed by atoms with Gasteiger partial charge in [-0.05, 0) is 26.2 Å². The van der Waals surface area contributed by atoms with Gasteiger partial charge in [0.25, 0.3) is 0 Å². The summed E-state index contributed by atoms with van der Waals surface area (Å²) >= 11 is 0. The number of carbonyl (C=O) groups excluding carboxylic acids is 2. The summed E-state index contributed by atoms with van der Waals surface area (Å²) in [5.41, 5.74) is 0.541. The van der Waals surface area contributed by atoms with Crippen molar-refractivity contribution < 1.29 is 23.8 Å². The summed E-state index contributed by atoms with van der Waals surface area (Å²) < 4.78 is 13.8. The molecule has 0 aromatic rings. The van der Waals surface area contributed by atoms with Crippen LogP contribution in [0.4, 0.5) is 0 Å². The maximum Gasteiger partial charge on any atom is 0.333 e. The molecule has 110 valence electrons. The molecular formula is C14H24O5. The Kier molecular flexibility index (Phi) is 15.0. The van der Waals surface area contributed by atoms with Gasteiger partial charge in [-0.1, -0.05) is 13.2 Å². The minimum Gasteiger partial charge on any atom is -0.466 e. The Morgan fingerprint density at radius 2 is 1.79 bits per heavy atom. The van der Waals surface area contributed by atoms with Gasteiger partial charge in [0.2, 0.25) is 0 Å². The average molecular weight is 272 g/mol. The van der Waals surface area contributed by atoms with E-state index in [0.29, 0.717) is 12.0 Å². The van der Waals surface area contributed by atoms with Crippen LogP contribution in [0.5, 0.6) is 0 Å². The van der Waals surface area contributed by atoms with E-state index in [0.717, 1.165) is 32.1 Å². The zero-order valence-electron chi connectivity index (χ0n) is 12.1. The monoisotopic (exact) mass is 272 g/mol. The smallest absolute Gasteiger partial charge is 0.333 e. The zero-order valence-corrected chi connectivity index (χ0v) is 12.1. The van der Waals surface area contributed by atoms with Crippen LogP contribution in [0.15, 0.2) is 24.8 Å². The molecule has 0 saturated carbocycles. The third-order valence-corrected chi connectivity index (χ3v) is 2.06. The van der Waals surface area contributed by atoms with Crippen molar-refractivity contribution in [3.63, 3.8) is 0 Å². The van der Waals surface area contributed by atoms with Crippen molar-refractivity contribution in [3.8, 4) is 0 Å². The Balaban J connectivity index is 0. The van der Waals surface area contributed by atoms with Crippen molar-refractivity contribution in [2.24, 2.45) is 0 Å². The topological polar surface area (TPSA) is 61.8 Å². The van der Waals surface area contributed by atoms with Crippen molar-refractivity contribution in [3.05, 3.63) is 24.8 Å². The fourth-order valence-corrected chi connectivity index (χ4v) is 1.02. The highest BCUT2D eigenvalue weighted by Gasteiger charge is 2.04. The van der Waals surface area contributed by atoms with E-state index in [-0.39, 0.29) is 5.97 Å². The van der Waals surface area contributed by atoms with Crippen LogP contribution >= 0.6 is 0 Å². The molecule has 0 rings (SSSR count). The molecule has 0 aromatic carbocycles. The molecule has 0 spiro atoms. The van der Waals surface area contributed by atoms with Crippen molar-refractivity contribution in [1.29, 1.82) is 0 Å². The van der Waals surface area contributed by atoms with E-state index >= 15 is 0 Å². The molecule has 0 heterocycles. The van der Waals surface area contributed by atoms with E-state index in [1.54, 1.807) is 0 Å². The minimum absolute atomic E-state index is 0.309. The summed E-state index contributed by atoms with van der Waals surface area (Å²) in [5.74, 6) is -0.702. The SMILES string of the molecule is C=C(CCCCOCC)C(=O)OC.C=CC(=O)OC. The summed E-state index contributed by atoms with van der Waals surface area (Å²) in [7, 11) is 2.68. The van der Waals surface area contributed by atoms with Gasteiger partial charge in [0, 0.05) is 24.9 Å². The lowest BCUT2D eigenvalue weighted by molar-refractivity contribution is -0.136. The predicted octanol–water partition coefficient (Wildman–Crippen LogP) is 2.27. The Morgan fingerprint density at radius 1 is 1.16 bits per heavy atom. The molecule has 0 saturated heterocycles. The van der Waals surface area contributed by atoms with E-state index < -0.39 is 5.97 Å². The van der Waals surface area contributed by atoms with Gasteiger partial charge < -0.3 is 14.2 Å². The van der Waals surface area contributed by atoms with Crippen LogP contribution in [0.2, 0.25) is 0 Å². The standard InChI is InChI=1S/C10H18O3.C4H6O2/c1-4-13-8-6-5-7-9(2)10(11)12-3;1-3-4(5)6-2/h2,4-8H2,1,3H3;3H,1H2,2H3. The molecule has 0 fully saturated rings. The molecule has 0 radical (unpaired) electrons. The first kappa shape index (κ1) is 19.7. The Labute approximate surface area is 115 Å². The van der Waals surface area contributed by atoms with Crippen molar-refractivity contribution in [1.82, 2.24) is 0 Å². The quantitative estimate of drug-likeness (QED) is 0.385. The summed E-state index contributed by atoms with van der Waals surface area (Å²) in [6.07, 6.45) is 3.69. The summed E-state index contributed by atoms with van der Waals surface area (Å²) in [4.78, 5) is 20.7. The molecule has 5 heteroatoms. The molecule has 0 unspecified atom stereocenters. The predicted molar refractivity (Wildman–Crippen MR) is 73.7 cm³/mol. The molecule has 0 aromatic heterocycles. The van der Waals surface area contributed by atoms with Gasteiger partial charge in [-0.3, -0.25) is 0 Å². The highest BCUT2D eigenvalue weighted by molar-refractivity contribution is 5.87. The number of hydrogen-bond donors (Lipinski definition) is 0. The number of carbonyl (C=O) groups is 2. The lowest BCUT2D eigenvalue weighted by Gasteiger charge is -2.03. The summed E-state index contributed by atoms with van der Waals surface area (Å²) in [5, 5.41) is 0. The van der Waals surface area contributed by atoms with Gasteiger partial charge in [0.15, 0.2) is 0 Å². The highest BCUT2D eigenvalue weighted by Crippen LogP contribution is 2.06. The first-order valence-electron chi connectivity index (χ1n) is 6.07. The molecule has 0 aliphatic heterocycles. The van der Waals surface area contributed by atoms with Gasteiger partial charge in [-0.25, -0.2) is 9.59 Å². The largest absolute Gasteiger partial charge is 0.466 e. The zero-order chi connectivity index (χ0) is 15.1. The Morgan fingerprint density at radius 3 is 2.16 bits per heavy atom. The number of unbranched alkanes of at least 4 members (excludes halogenated alkanes) is 1. The van der Waals surface area contributed by atoms with Crippen LogP contribution in [0.25, 0.3) is 0 Å². The first-order valence-corrected chi connectivity index (χ1v) is 6.07. The van der Waals surface area contributed by atoms with Gasteiger partial charge >= 0.3 is 11.9 Å². The summed E-state index contributed by atoms with van der Waals surface area (Å²) in [6, 6.07) is 0. The lowest BCUT2D eigenvalue weighted by atomic mass is 10.1. The molecule has 0 amide bonds. The van der Waals surface area contributed by atoms with Gasteiger partial charge in [-0.2, -0.15) is 0 Å². The molecular weight excluding hydrogens is 248 g/mol. The van der Waals surface area contributed by atoms with Gasteiger partial charge in [0.1, 0.15) is 0 Å². The van der Waals surface area contributed by atoms with Crippen LogP contribution in [-0.2, 0) is 23.8 Å². The van der Waals surface area contributed by atoms with Crippen LogP contribution in [0, 0.1) is 0 Å². The average Bonchev–Trinajstić information content (AvgIpc) is 2.45. The number of rotatable bonds is 8. The van der Waals surface area contributed by atoms with E-state index in [1.807, 2.05) is 6.92 Å². The fourth-order valence-electron chi connectivity index (χ4n) is 1.02. The molecule has 0 aliphatic carbocycles. The lowest BCUT2D eigenvalue weighted by Crippen LogP contribution is -2.03. The second-order valence-corrected chi connectivity index (χ2v) is 3.48. The first-order chi connectivity index (χ1) is 9.03. The molecule has 0 bridgehead atoms. The molecule has 5 nitrogen and oxygen atoms in total. The van der Waals surface area contributed by atoms with Crippen LogP contribution < -0.4 is 0 Å². The maximum atomic E-state index is 10.9. The number of esters is 2. The normalized spacial score (nSPS) is 8.79. The van der Waals surface area contributed by atoms with E-state index in [2.05, 4.69) is 22.6 Å². The number of methoxy groups -OCH3 is 2. The molecule has 0 aliphatic rings. The van der Waals surface area contributed by atoms with Crippen LogP contribution in [0.3, 0.4) is 0 Å². The minimum atomic E-state index is -0.394. The number of ether oxygens (including phenoxy) is 3. The van der Waals surface area contributed by atoms with Gasteiger partial charge in [0.05, 0.1) is 14.2 Å². The van der Waals surface area contributed by atoms with Crippen LogP contribution in [-0.4, -0.2) is 39.4 Å². The van der Waals surface area contributed by atoms with Crippen molar-refractivity contribution in [2.75, 3.05) is 27.4 Å². The third kappa shape index (κ3) is 14.3. The van der Waals surface area contributed by atoms with Crippen molar-refractivity contribution >= 4 is 11.9 Å². The second-order valence-electron chi connectivity index (χ2n) is 3.48. The highest BCUT2D eigenvalue weighted by atomic mass is 16.5. The van der Waals surface area contributed by atoms with Crippen molar-refractivity contribution in [2.45, 2.75) is 26.2 Å². The Bertz CT molecular complexity index is 284. The maximum absolute atomic E-state index is 10.9. The van der Waals surface area contributed by atoms with E-state index in [4.69, 9.17) is 4.74 Å². The molecule has 0 atom stereocenters. The number of hydrogen-bond acceptors (Lipinski definition) is 5. The third-order valence-electron chi connectivity index (χ3n) is 2.06. The van der Waals surface area contributed by atoms with Gasteiger partial charge in [-0.15, -0.1) is 0 Å². The molecule has 19 heavy (non-hydrogen) atoms. The van der Waals surface area contributed by atoms with E-state index in [9.17, 15) is 9.59 Å². The van der Waals surface area contributed by atoms with E-state index in [1.165, 1.54) is 14.2 Å². The second kappa shape index (κ2) is 14.4. The summed E-state index contributed by atoms with van der Waals surface area (Å²) in [6.45, 7) is 10.3. The molecule has 0 N–H and O–H groups in total.